The molecule has 0 bridgehead atoms. The Morgan fingerprint density at radius 2 is 2.19 bits per heavy atom. The topological polar surface area (TPSA) is 62.2 Å². The third-order valence-corrected chi connectivity index (χ3v) is 3.65. The second kappa shape index (κ2) is 7.74. The first-order valence-corrected chi connectivity index (χ1v) is 7.48. The molecule has 1 aromatic carbocycles. The average molecular weight is 286 g/mol. The van der Waals surface area contributed by atoms with Gasteiger partial charge in [0.05, 0.1) is 5.52 Å². The Kier molecular flexibility index (Phi) is 5.69. The zero-order chi connectivity index (χ0) is 15.1. The molecule has 2 rings (SSSR count). The van der Waals surface area contributed by atoms with E-state index in [1.165, 1.54) is 0 Å². The summed E-state index contributed by atoms with van der Waals surface area (Å²) >= 11 is 0. The average Bonchev–Trinajstić information content (AvgIpc) is 2.52. The van der Waals surface area contributed by atoms with Crippen molar-refractivity contribution in [2.24, 2.45) is 5.92 Å². The second-order valence-electron chi connectivity index (χ2n) is 5.29. The van der Waals surface area contributed by atoms with Crippen LogP contribution in [0.15, 0.2) is 36.5 Å². The number of aliphatic hydroxyl groups excluding tert-OH is 1. The van der Waals surface area contributed by atoms with Gasteiger partial charge >= 0.3 is 0 Å². The zero-order valence-electron chi connectivity index (χ0n) is 12.4. The Morgan fingerprint density at radius 3 is 2.95 bits per heavy atom. The van der Waals surface area contributed by atoms with E-state index in [4.69, 9.17) is 5.11 Å². The molecule has 1 unspecified atom stereocenters. The van der Waals surface area contributed by atoms with Crippen molar-refractivity contribution in [3.8, 4) is 0 Å². The second-order valence-corrected chi connectivity index (χ2v) is 5.29. The number of benzene rings is 1. The lowest BCUT2D eigenvalue weighted by Crippen LogP contribution is -2.29. The van der Waals surface area contributed by atoms with Crippen LogP contribution in [0.4, 0.5) is 0 Å². The van der Waals surface area contributed by atoms with Crippen LogP contribution >= 0.6 is 0 Å². The predicted molar refractivity (Wildman–Crippen MR) is 84.2 cm³/mol. The van der Waals surface area contributed by atoms with Crippen LogP contribution in [0.1, 0.15) is 36.5 Å². The van der Waals surface area contributed by atoms with Gasteiger partial charge in [0.2, 0.25) is 0 Å². The molecule has 0 radical (unpaired) electrons. The number of rotatable bonds is 7. The van der Waals surface area contributed by atoms with Crippen LogP contribution in [0.25, 0.3) is 10.9 Å². The normalized spacial score (nSPS) is 12.3. The Morgan fingerprint density at radius 1 is 1.33 bits per heavy atom. The molecule has 0 aliphatic carbocycles. The minimum atomic E-state index is -0.0696. The molecule has 1 atom stereocenters. The smallest absolute Gasteiger partial charge is 0.251 e. The Balaban J connectivity index is 2.01. The van der Waals surface area contributed by atoms with Gasteiger partial charge in [-0.25, -0.2) is 0 Å². The number of carbonyl (C=O) groups is 1. The summed E-state index contributed by atoms with van der Waals surface area (Å²) in [5.74, 6) is 0.269. The number of aromatic nitrogens is 1. The molecular formula is C17H22N2O2. The van der Waals surface area contributed by atoms with Gasteiger partial charge in [-0.15, -0.1) is 0 Å². The maximum absolute atomic E-state index is 12.2. The van der Waals surface area contributed by atoms with Crippen molar-refractivity contribution < 1.29 is 9.90 Å². The van der Waals surface area contributed by atoms with E-state index >= 15 is 0 Å². The summed E-state index contributed by atoms with van der Waals surface area (Å²) in [7, 11) is 0. The van der Waals surface area contributed by atoms with E-state index in [0.29, 0.717) is 18.0 Å². The minimum absolute atomic E-state index is 0.0696. The predicted octanol–water partition coefficient (Wildman–Crippen LogP) is 2.76. The first-order chi connectivity index (χ1) is 10.2. The summed E-state index contributed by atoms with van der Waals surface area (Å²) in [5.41, 5.74) is 1.54. The Bertz CT molecular complexity index is 592. The van der Waals surface area contributed by atoms with Crippen molar-refractivity contribution in [2.75, 3.05) is 13.2 Å². The van der Waals surface area contributed by atoms with Crippen LogP contribution in [0.3, 0.4) is 0 Å². The quantitative estimate of drug-likeness (QED) is 0.822. The van der Waals surface area contributed by atoms with Gasteiger partial charge in [-0.1, -0.05) is 19.4 Å². The first kappa shape index (κ1) is 15.4. The molecule has 2 aromatic rings. The molecule has 2 N–H and O–H groups in total. The molecule has 1 aromatic heterocycles. The lowest BCUT2D eigenvalue weighted by molar-refractivity contribution is 0.0943. The summed E-state index contributed by atoms with van der Waals surface area (Å²) in [4.78, 5) is 16.5. The van der Waals surface area contributed by atoms with E-state index in [1.807, 2.05) is 24.3 Å². The van der Waals surface area contributed by atoms with Crippen molar-refractivity contribution in [1.29, 1.82) is 0 Å². The third-order valence-electron chi connectivity index (χ3n) is 3.65. The summed E-state index contributed by atoms with van der Waals surface area (Å²) in [5, 5.41) is 13.0. The SMILES string of the molecule is CCCC(CCO)CNC(=O)c1ccc2ncccc2c1. The fourth-order valence-electron chi connectivity index (χ4n) is 2.50. The molecule has 0 saturated heterocycles. The number of carbonyl (C=O) groups excluding carboxylic acids is 1. The molecular weight excluding hydrogens is 264 g/mol. The van der Waals surface area contributed by atoms with Crippen LogP contribution in [0, 0.1) is 5.92 Å². The van der Waals surface area contributed by atoms with Crippen molar-refractivity contribution in [3.63, 3.8) is 0 Å². The van der Waals surface area contributed by atoms with Crippen LogP contribution in [-0.4, -0.2) is 29.1 Å². The van der Waals surface area contributed by atoms with E-state index in [-0.39, 0.29) is 12.5 Å². The summed E-state index contributed by atoms with van der Waals surface area (Å²) in [6.07, 6.45) is 4.55. The molecule has 1 heterocycles. The van der Waals surface area contributed by atoms with Crippen LogP contribution in [0.2, 0.25) is 0 Å². The summed E-state index contributed by atoms with van der Waals surface area (Å²) in [6.45, 7) is 2.89. The van der Waals surface area contributed by atoms with Crippen LogP contribution in [0.5, 0.6) is 0 Å². The largest absolute Gasteiger partial charge is 0.396 e. The van der Waals surface area contributed by atoms with Gasteiger partial charge in [-0.3, -0.25) is 9.78 Å². The third kappa shape index (κ3) is 4.26. The van der Waals surface area contributed by atoms with E-state index in [0.717, 1.165) is 30.2 Å². The highest BCUT2D eigenvalue weighted by Crippen LogP contribution is 2.14. The lowest BCUT2D eigenvalue weighted by atomic mass is 10.00. The number of hydrogen-bond acceptors (Lipinski definition) is 3. The standard InChI is InChI=1S/C17H22N2O2/c1-2-4-13(8-10-20)12-19-17(21)15-6-7-16-14(11-15)5-3-9-18-16/h3,5-7,9,11,13,20H,2,4,8,10,12H2,1H3,(H,19,21). The zero-order valence-corrected chi connectivity index (χ0v) is 12.4. The maximum atomic E-state index is 12.2. The Hall–Kier alpha value is -1.94. The fraction of sp³-hybridized carbons (Fsp3) is 0.412. The monoisotopic (exact) mass is 286 g/mol. The molecule has 0 aliphatic heterocycles. The van der Waals surface area contributed by atoms with Gasteiger partial charge in [0.15, 0.2) is 0 Å². The number of nitrogens with one attached hydrogen (secondary N) is 1. The molecule has 4 nitrogen and oxygen atoms in total. The van der Waals surface area contributed by atoms with Crippen molar-refractivity contribution in [1.82, 2.24) is 10.3 Å². The van der Waals surface area contributed by atoms with Gasteiger partial charge in [0.25, 0.3) is 5.91 Å². The van der Waals surface area contributed by atoms with Gasteiger partial charge in [-0.2, -0.15) is 0 Å². The molecule has 4 heteroatoms. The number of aliphatic hydroxyl groups is 1. The van der Waals surface area contributed by atoms with E-state index in [2.05, 4.69) is 17.2 Å². The molecule has 0 saturated carbocycles. The molecule has 21 heavy (non-hydrogen) atoms. The van der Waals surface area contributed by atoms with Crippen LogP contribution in [-0.2, 0) is 0 Å². The highest BCUT2D eigenvalue weighted by atomic mass is 16.3. The van der Waals surface area contributed by atoms with Crippen molar-refractivity contribution in [2.45, 2.75) is 26.2 Å². The number of hydrogen-bond donors (Lipinski definition) is 2. The summed E-state index contributed by atoms with van der Waals surface area (Å²) < 4.78 is 0. The lowest BCUT2D eigenvalue weighted by Gasteiger charge is -2.15. The molecule has 0 fully saturated rings. The van der Waals surface area contributed by atoms with Crippen LogP contribution < -0.4 is 5.32 Å². The van der Waals surface area contributed by atoms with E-state index in [1.54, 1.807) is 12.3 Å². The molecule has 0 aliphatic rings. The number of nitrogens with zero attached hydrogens (tertiary/aromatic N) is 1. The number of fused-ring (bicyclic) bond motifs is 1. The fourth-order valence-corrected chi connectivity index (χ4v) is 2.50. The maximum Gasteiger partial charge on any atom is 0.251 e. The first-order valence-electron chi connectivity index (χ1n) is 7.48. The highest BCUT2D eigenvalue weighted by molar-refractivity contribution is 5.97. The van der Waals surface area contributed by atoms with Gasteiger partial charge < -0.3 is 10.4 Å². The minimum Gasteiger partial charge on any atom is -0.396 e. The van der Waals surface area contributed by atoms with Crippen molar-refractivity contribution >= 4 is 16.8 Å². The van der Waals surface area contributed by atoms with E-state index < -0.39 is 0 Å². The molecule has 0 spiro atoms. The highest BCUT2D eigenvalue weighted by Gasteiger charge is 2.11. The Labute approximate surface area is 125 Å². The van der Waals surface area contributed by atoms with E-state index in [9.17, 15) is 4.79 Å². The number of pyridine rings is 1. The van der Waals surface area contributed by atoms with Gasteiger partial charge in [0.1, 0.15) is 0 Å². The molecule has 112 valence electrons. The van der Waals surface area contributed by atoms with Gasteiger partial charge in [0, 0.05) is 30.3 Å². The summed E-state index contributed by atoms with van der Waals surface area (Å²) in [6, 6.07) is 9.33. The van der Waals surface area contributed by atoms with Gasteiger partial charge in [-0.05, 0) is 43.0 Å². The number of amides is 1. The van der Waals surface area contributed by atoms with Crippen molar-refractivity contribution in [3.05, 3.63) is 42.1 Å². The molecule has 1 amide bonds.